The summed E-state index contributed by atoms with van der Waals surface area (Å²) in [4.78, 5) is 19.4. The summed E-state index contributed by atoms with van der Waals surface area (Å²) in [6, 6.07) is 1.67. The maximum atomic E-state index is 11.6. The Labute approximate surface area is 107 Å². The fraction of sp³-hybridized carbons (Fsp3) is 0.222. The number of aromatic nitrogens is 5. The molecule has 0 saturated heterocycles. The van der Waals surface area contributed by atoms with E-state index in [1.165, 1.54) is 11.8 Å². The highest BCUT2D eigenvalue weighted by Gasteiger charge is 2.10. The molecule has 2 heterocycles. The number of carbonyl (C=O) groups excluding carboxylic acids is 1. The molecule has 3 N–H and O–H groups in total. The Morgan fingerprint density at radius 2 is 2.17 bits per heavy atom. The van der Waals surface area contributed by atoms with E-state index in [1.807, 2.05) is 0 Å². The maximum absolute atomic E-state index is 11.6. The molecule has 0 aliphatic carbocycles. The molecule has 0 saturated carbocycles. The van der Waals surface area contributed by atoms with E-state index in [-0.39, 0.29) is 17.6 Å². The molecule has 2 aromatic rings. The highest BCUT2D eigenvalue weighted by atomic mass is 32.2. The van der Waals surface area contributed by atoms with E-state index < -0.39 is 0 Å². The molecule has 18 heavy (non-hydrogen) atoms. The molecule has 2 aromatic heterocycles. The van der Waals surface area contributed by atoms with Gasteiger partial charge in [-0.15, -0.1) is 10.2 Å². The molecular formula is C9H11N7OS. The van der Waals surface area contributed by atoms with Gasteiger partial charge in [0.25, 0.3) is 0 Å². The third-order valence-corrected chi connectivity index (χ3v) is 3.04. The number of nitrogens with one attached hydrogen (secondary N) is 1. The number of hydrogen-bond donors (Lipinski definition) is 2. The summed E-state index contributed by atoms with van der Waals surface area (Å²) in [7, 11) is 1.73. The number of nitrogens with zero attached hydrogens (tertiary/aromatic N) is 5. The summed E-state index contributed by atoms with van der Waals surface area (Å²) in [5.74, 6) is 0.558. The third-order valence-electron chi connectivity index (χ3n) is 2.02. The van der Waals surface area contributed by atoms with Crippen LogP contribution < -0.4 is 11.1 Å². The molecule has 0 bridgehead atoms. The van der Waals surface area contributed by atoms with Gasteiger partial charge < -0.3 is 5.73 Å². The van der Waals surface area contributed by atoms with Crippen molar-refractivity contribution in [1.29, 1.82) is 0 Å². The molecule has 0 aliphatic heterocycles. The maximum Gasteiger partial charge on any atom is 0.237 e. The van der Waals surface area contributed by atoms with Crippen LogP contribution in [0.3, 0.4) is 0 Å². The molecule has 0 unspecified atom stereocenters. The molecule has 94 valence electrons. The molecule has 0 spiro atoms. The topological polar surface area (TPSA) is 112 Å². The largest absolute Gasteiger partial charge is 0.368 e. The minimum absolute atomic E-state index is 0.185. The summed E-state index contributed by atoms with van der Waals surface area (Å²) < 4.78 is 1.61. The fourth-order valence-corrected chi connectivity index (χ4v) is 1.82. The first-order valence-corrected chi connectivity index (χ1v) is 6.00. The average Bonchev–Trinajstić information content (AvgIpc) is 2.69. The Kier molecular flexibility index (Phi) is 3.72. The van der Waals surface area contributed by atoms with Crippen molar-refractivity contribution in [2.75, 3.05) is 16.8 Å². The van der Waals surface area contributed by atoms with Gasteiger partial charge in [0.1, 0.15) is 0 Å². The summed E-state index contributed by atoms with van der Waals surface area (Å²) in [5, 5.41) is 10.7. The Morgan fingerprint density at radius 3 is 2.78 bits per heavy atom. The fourth-order valence-electron chi connectivity index (χ4n) is 1.11. The van der Waals surface area contributed by atoms with Gasteiger partial charge in [-0.1, -0.05) is 11.8 Å². The van der Waals surface area contributed by atoms with Crippen molar-refractivity contribution in [3.63, 3.8) is 0 Å². The van der Waals surface area contributed by atoms with Gasteiger partial charge >= 0.3 is 0 Å². The van der Waals surface area contributed by atoms with Crippen LogP contribution >= 0.6 is 11.8 Å². The summed E-state index contributed by atoms with van der Waals surface area (Å²) >= 11 is 1.24. The Hall–Kier alpha value is -2.16. The molecule has 0 aromatic carbocycles. The van der Waals surface area contributed by atoms with Crippen molar-refractivity contribution >= 4 is 29.6 Å². The van der Waals surface area contributed by atoms with Gasteiger partial charge in [0.2, 0.25) is 17.8 Å². The van der Waals surface area contributed by atoms with Crippen LogP contribution in [0, 0.1) is 0 Å². The predicted octanol–water partition coefficient (Wildman–Crippen LogP) is -0.0819. The Morgan fingerprint density at radius 1 is 1.44 bits per heavy atom. The minimum atomic E-state index is -0.215. The second kappa shape index (κ2) is 5.45. The monoisotopic (exact) mass is 265 g/mol. The van der Waals surface area contributed by atoms with Crippen molar-refractivity contribution in [1.82, 2.24) is 24.7 Å². The standard InChI is InChI=1S/C9H11N7OS/c1-16-7(10)14-15-9(16)18-5-6(17)13-8-11-3-2-4-12-8/h2-4H,5H2,1H3,(H2,10,14)(H,11,12,13,17). The lowest BCUT2D eigenvalue weighted by molar-refractivity contribution is -0.113. The van der Waals surface area contributed by atoms with Crippen LogP contribution in [0.15, 0.2) is 23.6 Å². The van der Waals surface area contributed by atoms with E-state index in [2.05, 4.69) is 25.5 Å². The molecule has 1 amide bonds. The van der Waals surface area contributed by atoms with Gasteiger partial charge in [-0.25, -0.2) is 9.97 Å². The Bertz CT molecular complexity index is 541. The highest BCUT2D eigenvalue weighted by molar-refractivity contribution is 7.99. The van der Waals surface area contributed by atoms with Crippen LogP contribution in [0.4, 0.5) is 11.9 Å². The highest BCUT2D eigenvalue weighted by Crippen LogP contribution is 2.16. The van der Waals surface area contributed by atoms with Crippen molar-refractivity contribution in [2.24, 2.45) is 7.05 Å². The summed E-state index contributed by atoms with van der Waals surface area (Å²) in [6.45, 7) is 0. The van der Waals surface area contributed by atoms with E-state index in [0.717, 1.165) is 0 Å². The first-order valence-electron chi connectivity index (χ1n) is 5.01. The second-order valence-corrected chi connectivity index (χ2v) is 4.25. The quantitative estimate of drug-likeness (QED) is 0.743. The van der Waals surface area contributed by atoms with Gasteiger partial charge in [0.15, 0.2) is 5.16 Å². The number of hydrogen-bond acceptors (Lipinski definition) is 7. The van der Waals surface area contributed by atoms with Crippen LogP contribution in [-0.2, 0) is 11.8 Å². The number of nitrogens with two attached hydrogens (primary N) is 1. The van der Waals surface area contributed by atoms with E-state index >= 15 is 0 Å². The summed E-state index contributed by atoms with van der Waals surface area (Å²) in [6.07, 6.45) is 3.11. The SMILES string of the molecule is Cn1c(N)nnc1SCC(=O)Nc1ncccn1. The number of amides is 1. The molecule has 0 aliphatic rings. The molecule has 9 heteroatoms. The van der Waals surface area contributed by atoms with Gasteiger partial charge in [0, 0.05) is 19.4 Å². The molecule has 2 rings (SSSR count). The first-order chi connectivity index (χ1) is 8.66. The van der Waals surface area contributed by atoms with Gasteiger partial charge in [-0.2, -0.15) is 0 Å². The van der Waals surface area contributed by atoms with E-state index in [0.29, 0.717) is 11.1 Å². The average molecular weight is 265 g/mol. The van der Waals surface area contributed by atoms with Crippen molar-refractivity contribution in [3.8, 4) is 0 Å². The van der Waals surface area contributed by atoms with Crippen LogP contribution in [0.1, 0.15) is 0 Å². The molecule has 0 radical (unpaired) electrons. The number of anilines is 2. The lowest BCUT2D eigenvalue weighted by atomic mass is 10.6. The predicted molar refractivity (Wildman–Crippen MR) is 66.8 cm³/mol. The zero-order valence-electron chi connectivity index (χ0n) is 9.57. The van der Waals surface area contributed by atoms with Crippen LogP contribution in [0.5, 0.6) is 0 Å². The van der Waals surface area contributed by atoms with Crippen LogP contribution in [-0.4, -0.2) is 36.4 Å². The third kappa shape index (κ3) is 2.94. The smallest absolute Gasteiger partial charge is 0.237 e. The number of carbonyl (C=O) groups is 1. The number of rotatable bonds is 4. The van der Waals surface area contributed by atoms with Gasteiger partial charge in [0.05, 0.1) is 5.75 Å². The summed E-state index contributed by atoms with van der Waals surface area (Å²) in [5.41, 5.74) is 5.53. The normalized spacial score (nSPS) is 10.3. The van der Waals surface area contributed by atoms with E-state index in [4.69, 9.17) is 5.73 Å². The van der Waals surface area contributed by atoms with E-state index in [1.54, 1.807) is 30.1 Å². The van der Waals surface area contributed by atoms with Crippen molar-refractivity contribution < 1.29 is 4.79 Å². The first kappa shape index (κ1) is 12.3. The van der Waals surface area contributed by atoms with Crippen molar-refractivity contribution in [2.45, 2.75) is 5.16 Å². The lowest BCUT2D eigenvalue weighted by Gasteiger charge is -2.02. The van der Waals surface area contributed by atoms with Gasteiger partial charge in [-0.05, 0) is 6.07 Å². The zero-order chi connectivity index (χ0) is 13.0. The number of thioether (sulfide) groups is 1. The molecule has 0 atom stereocenters. The van der Waals surface area contributed by atoms with E-state index in [9.17, 15) is 4.79 Å². The zero-order valence-corrected chi connectivity index (χ0v) is 10.4. The van der Waals surface area contributed by atoms with Crippen LogP contribution in [0.25, 0.3) is 0 Å². The second-order valence-electron chi connectivity index (χ2n) is 3.31. The number of nitrogen functional groups attached to an aromatic ring is 1. The Balaban J connectivity index is 1.87. The van der Waals surface area contributed by atoms with Crippen molar-refractivity contribution in [3.05, 3.63) is 18.5 Å². The van der Waals surface area contributed by atoms with Crippen LogP contribution in [0.2, 0.25) is 0 Å². The van der Waals surface area contributed by atoms with Gasteiger partial charge in [-0.3, -0.25) is 14.7 Å². The minimum Gasteiger partial charge on any atom is -0.368 e. The molecule has 0 fully saturated rings. The molecule has 8 nitrogen and oxygen atoms in total. The lowest BCUT2D eigenvalue weighted by Crippen LogP contribution is -2.16. The molecular weight excluding hydrogens is 254 g/mol.